The summed E-state index contributed by atoms with van der Waals surface area (Å²) < 4.78 is 0. The molecule has 0 fully saturated rings. The van der Waals surface area contributed by atoms with E-state index in [1.54, 1.807) is 0 Å². The van der Waals surface area contributed by atoms with Gasteiger partial charge in [0.25, 0.3) is 0 Å². The largest absolute Gasteiger partial charge is 0.351 e. The number of hydrogen-bond donors (Lipinski definition) is 4. The molecular weight excluding hydrogens is 476 g/mol. The molecule has 16 heteroatoms. The third-order valence-electron chi connectivity index (χ3n) is 2.58. The van der Waals surface area contributed by atoms with E-state index < -0.39 is 55.7 Å². The van der Waals surface area contributed by atoms with Gasteiger partial charge >= 0.3 is 23.9 Å². The van der Waals surface area contributed by atoms with E-state index in [1.807, 2.05) is 0 Å². The minimum Gasteiger partial charge on any atom is -0.297 e. The van der Waals surface area contributed by atoms with Crippen molar-refractivity contribution in [3.8, 4) is 0 Å². The number of thiol groups is 4. The highest BCUT2D eigenvalue weighted by atomic mass is 32.1. The van der Waals surface area contributed by atoms with Gasteiger partial charge in [-0.15, -0.1) is 0 Å². The van der Waals surface area contributed by atoms with Crippen molar-refractivity contribution in [3.05, 3.63) is 0 Å². The van der Waals surface area contributed by atoms with Crippen LogP contribution in [0.25, 0.3) is 0 Å². The first-order valence-electron chi connectivity index (χ1n) is 7.55. The summed E-state index contributed by atoms with van der Waals surface area (Å²) in [7, 11) is 0. The molecule has 0 amide bonds. The number of carbonyl (C=O) groups is 4. The average Bonchev–Trinajstić information content (AvgIpc) is 2.72. The maximum atomic E-state index is 11.2. The molecular formula is C13H20O12S4. The molecule has 0 aromatic carbocycles. The van der Waals surface area contributed by atoms with Gasteiger partial charge in [-0.1, -0.05) is 0 Å². The van der Waals surface area contributed by atoms with Gasteiger partial charge in [0.2, 0.25) is 0 Å². The summed E-state index contributed by atoms with van der Waals surface area (Å²) in [6.45, 7) is -1.94. The molecule has 168 valence electrons. The second-order valence-electron chi connectivity index (χ2n) is 5.00. The highest BCUT2D eigenvalue weighted by molar-refractivity contribution is 7.81. The van der Waals surface area contributed by atoms with Crippen molar-refractivity contribution in [3.63, 3.8) is 0 Å². The Morgan fingerprint density at radius 1 is 0.483 bits per heavy atom. The van der Waals surface area contributed by atoms with Crippen LogP contribution in [0.2, 0.25) is 0 Å². The Morgan fingerprint density at radius 2 is 0.690 bits per heavy atom. The third kappa shape index (κ3) is 13.9. The van der Waals surface area contributed by atoms with Crippen LogP contribution in [0, 0.1) is 5.41 Å². The van der Waals surface area contributed by atoms with Crippen LogP contribution in [0.3, 0.4) is 0 Å². The minimum absolute atomic E-state index is 0.269. The Hall–Kier alpha value is -0.880. The second kappa shape index (κ2) is 16.9. The van der Waals surface area contributed by atoms with Crippen LogP contribution in [0.15, 0.2) is 0 Å². The first kappa shape index (κ1) is 28.1. The lowest BCUT2D eigenvalue weighted by Crippen LogP contribution is -2.42. The minimum atomic E-state index is -1.46. The van der Waals surface area contributed by atoms with E-state index >= 15 is 0 Å². The molecule has 0 radical (unpaired) electrons. The molecule has 0 spiro atoms. The van der Waals surface area contributed by atoms with E-state index in [4.69, 9.17) is 19.6 Å². The zero-order valence-corrected chi connectivity index (χ0v) is 18.4. The zero-order valence-electron chi connectivity index (χ0n) is 14.8. The summed E-state index contributed by atoms with van der Waals surface area (Å²) in [4.78, 5) is 81.7. The van der Waals surface area contributed by atoms with E-state index in [9.17, 15) is 19.2 Å². The quantitative estimate of drug-likeness (QED) is 0.125. The molecule has 0 aliphatic heterocycles. The SMILES string of the molecule is O=C(CS)OOCC(COOC(=O)CS)(COOC(=O)CS)COOC(=O)CS. The Labute approximate surface area is 187 Å². The lowest BCUT2D eigenvalue weighted by molar-refractivity contribution is -0.360. The van der Waals surface area contributed by atoms with Crippen molar-refractivity contribution in [2.45, 2.75) is 0 Å². The van der Waals surface area contributed by atoms with Crippen LogP contribution in [0.1, 0.15) is 0 Å². The van der Waals surface area contributed by atoms with Crippen LogP contribution in [-0.2, 0) is 58.3 Å². The topological polar surface area (TPSA) is 142 Å². The lowest BCUT2D eigenvalue weighted by Gasteiger charge is -2.29. The first-order valence-corrected chi connectivity index (χ1v) is 10.1. The molecule has 0 rings (SSSR count). The van der Waals surface area contributed by atoms with Gasteiger partial charge in [-0.2, -0.15) is 70.1 Å². The molecule has 29 heavy (non-hydrogen) atoms. The molecule has 0 heterocycles. The first-order chi connectivity index (χ1) is 13.8. The molecule has 0 aromatic rings. The summed E-state index contributed by atoms with van der Waals surface area (Å²) in [6, 6.07) is 0. The van der Waals surface area contributed by atoms with Gasteiger partial charge in [0.1, 0.15) is 26.4 Å². The predicted molar refractivity (Wildman–Crippen MR) is 106 cm³/mol. The van der Waals surface area contributed by atoms with Crippen LogP contribution in [0.4, 0.5) is 0 Å². The van der Waals surface area contributed by atoms with E-state index in [0.717, 1.165) is 0 Å². The standard InChI is InChI=1S/C13H20O12S4/c14-9(1-26)22-18-5-13(6-19-23-10(15)2-27,7-20-24-11(16)3-28)8-21-25-12(17)4-29/h26-29H,1-8H2. The number of hydrogen-bond acceptors (Lipinski definition) is 16. The summed E-state index contributed by atoms with van der Waals surface area (Å²) in [5.74, 6) is -4.32. The van der Waals surface area contributed by atoms with E-state index in [2.05, 4.69) is 70.1 Å². The van der Waals surface area contributed by atoms with Crippen LogP contribution in [0.5, 0.6) is 0 Å². The van der Waals surface area contributed by atoms with E-state index in [1.165, 1.54) is 0 Å². The molecule has 0 saturated carbocycles. The second-order valence-corrected chi connectivity index (χ2v) is 6.27. The fourth-order valence-corrected chi connectivity index (χ4v) is 1.45. The predicted octanol–water partition coefficient (Wildman–Crippen LogP) is -0.409. The van der Waals surface area contributed by atoms with Gasteiger partial charge < -0.3 is 0 Å². The monoisotopic (exact) mass is 496 g/mol. The van der Waals surface area contributed by atoms with E-state index in [0.29, 0.717) is 0 Å². The maximum absolute atomic E-state index is 11.2. The molecule has 0 aromatic heterocycles. The molecule has 12 nitrogen and oxygen atoms in total. The highest BCUT2D eigenvalue weighted by Crippen LogP contribution is 2.22. The molecule has 0 N–H and O–H groups in total. The zero-order chi connectivity index (χ0) is 22.1. The average molecular weight is 497 g/mol. The fourth-order valence-electron chi connectivity index (χ4n) is 1.24. The molecule has 0 unspecified atom stereocenters. The van der Waals surface area contributed by atoms with E-state index in [-0.39, 0.29) is 23.0 Å². The summed E-state index contributed by atoms with van der Waals surface area (Å²) >= 11 is 14.8. The molecule has 0 aliphatic carbocycles. The van der Waals surface area contributed by atoms with Crippen molar-refractivity contribution >= 4 is 74.4 Å². The number of rotatable bonds is 16. The van der Waals surface area contributed by atoms with Crippen molar-refractivity contribution in [1.29, 1.82) is 0 Å². The third-order valence-corrected chi connectivity index (χ3v) is 3.62. The lowest BCUT2D eigenvalue weighted by atomic mass is 9.93. The van der Waals surface area contributed by atoms with Gasteiger partial charge in [0.05, 0.1) is 28.4 Å². The molecule has 0 atom stereocenters. The van der Waals surface area contributed by atoms with Crippen LogP contribution in [-0.4, -0.2) is 73.3 Å². The van der Waals surface area contributed by atoms with Crippen molar-refractivity contribution < 1.29 is 58.3 Å². The fraction of sp³-hybridized carbons (Fsp3) is 0.692. The van der Waals surface area contributed by atoms with Crippen molar-refractivity contribution in [2.75, 3.05) is 49.4 Å². The summed E-state index contributed by atoms with van der Waals surface area (Å²) in [5.41, 5.74) is -1.46. The van der Waals surface area contributed by atoms with Gasteiger partial charge in [0, 0.05) is 0 Å². The Morgan fingerprint density at radius 3 is 0.862 bits per heavy atom. The summed E-state index contributed by atoms with van der Waals surface area (Å²) in [6.07, 6.45) is 0. The van der Waals surface area contributed by atoms with Crippen LogP contribution >= 0.6 is 50.5 Å². The van der Waals surface area contributed by atoms with Gasteiger partial charge in [-0.25, -0.2) is 19.2 Å². The number of carbonyl (C=O) groups excluding carboxylic acids is 4. The van der Waals surface area contributed by atoms with Gasteiger partial charge in [-0.3, -0.25) is 19.6 Å². The van der Waals surface area contributed by atoms with Gasteiger partial charge in [0.15, 0.2) is 0 Å². The van der Waals surface area contributed by atoms with Gasteiger partial charge in [-0.05, 0) is 0 Å². The Kier molecular flexibility index (Phi) is 16.4. The van der Waals surface area contributed by atoms with Crippen molar-refractivity contribution in [2.24, 2.45) is 5.41 Å². The van der Waals surface area contributed by atoms with Crippen molar-refractivity contribution in [1.82, 2.24) is 0 Å². The Bertz CT molecular complexity index is 438. The normalized spacial score (nSPS) is 10.9. The maximum Gasteiger partial charge on any atom is 0.351 e. The smallest absolute Gasteiger partial charge is 0.297 e. The van der Waals surface area contributed by atoms with Crippen LogP contribution < -0.4 is 0 Å². The summed E-state index contributed by atoms with van der Waals surface area (Å²) in [5, 5.41) is 0. The molecule has 0 aliphatic rings. The Balaban J connectivity index is 5.14. The molecule has 0 bridgehead atoms. The highest BCUT2D eigenvalue weighted by Gasteiger charge is 2.37. The molecule has 0 saturated heterocycles.